The molecule has 6 bridgehead atoms. The van der Waals surface area contributed by atoms with Crippen LogP contribution in [0.15, 0.2) is 66.4 Å². The third-order valence-corrected chi connectivity index (χ3v) is 11.4. The van der Waals surface area contributed by atoms with Crippen LogP contribution in [-0.4, -0.2) is 89.4 Å². The zero-order valence-corrected chi connectivity index (χ0v) is 36.0. The first-order valence-electron chi connectivity index (χ1n) is 21.8. The third kappa shape index (κ3) is 12.4. The van der Waals surface area contributed by atoms with Crippen molar-refractivity contribution >= 4 is 37.3 Å². The number of aliphatic imine (C=N–C) groups is 6. The molecule has 9 nitrogen and oxygen atoms in total. The lowest BCUT2D eigenvalue weighted by molar-refractivity contribution is 0.389. The number of hydrogen-bond donors (Lipinski definition) is 3. The van der Waals surface area contributed by atoms with Crippen LogP contribution in [-0.2, 0) is 0 Å². The highest BCUT2D eigenvalue weighted by Gasteiger charge is 2.25. The summed E-state index contributed by atoms with van der Waals surface area (Å²) in [7, 11) is 0. The van der Waals surface area contributed by atoms with Crippen LogP contribution < -0.4 is 0 Å². The van der Waals surface area contributed by atoms with Crippen molar-refractivity contribution in [1.29, 1.82) is 0 Å². The van der Waals surface area contributed by atoms with Crippen LogP contribution in [0.25, 0.3) is 0 Å². The summed E-state index contributed by atoms with van der Waals surface area (Å²) in [5.74, 6) is 18.7. The van der Waals surface area contributed by atoms with Crippen LogP contribution >= 0.6 is 0 Å². The van der Waals surface area contributed by atoms with E-state index < -0.39 is 0 Å². The van der Waals surface area contributed by atoms with Gasteiger partial charge in [-0.05, 0) is 103 Å². The number of hydrogen-bond acceptors (Lipinski definition) is 9. The minimum Gasteiger partial charge on any atom is -0.507 e. The quantitative estimate of drug-likeness (QED) is 0.195. The highest BCUT2D eigenvalue weighted by atomic mass is 16.3. The molecule has 0 spiro atoms. The van der Waals surface area contributed by atoms with Crippen molar-refractivity contribution in [2.75, 3.05) is 6.54 Å². The Bertz CT molecular complexity index is 2410. The molecule has 0 radical (unpaired) electrons. The highest BCUT2D eigenvalue weighted by Crippen LogP contribution is 2.30. The molecule has 2 saturated carbocycles. The lowest BCUT2D eigenvalue weighted by Gasteiger charge is -2.26. The molecule has 61 heavy (non-hydrogen) atoms. The summed E-state index contributed by atoms with van der Waals surface area (Å²) in [4.78, 5) is 29.5. The van der Waals surface area contributed by atoms with Gasteiger partial charge in [0.1, 0.15) is 17.2 Å². The molecule has 2 fully saturated rings. The lowest BCUT2D eigenvalue weighted by Crippen LogP contribution is -2.27. The van der Waals surface area contributed by atoms with E-state index in [1.807, 2.05) is 36.4 Å². The number of rotatable bonds is 0. The van der Waals surface area contributed by atoms with Gasteiger partial charge in [0, 0.05) is 99.9 Å². The largest absolute Gasteiger partial charge is 0.507 e. The molecule has 6 rings (SSSR count). The van der Waals surface area contributed by atoms with Crippen molar-refractivity contribution in [2.45, 2.75) is 135 Å². The molecule has 3 aromatic rings. The van der Waals surface area contributed by atoms with Crippen LogP contribution in [0.4, 0.5) is 0 Å². The molecule has 3 aromatic carbocycles. The second-order valence-electron chi connectivity index (χ2n) is 16.1. The Hall–Kier alpha value is -6.24. The van der Waals surface area contributed by atoms with Gasteiger partial charge < -0.3 is 15.3 Å². The van der Waals surface area contributed by atoms with Crippen molar-refractivity contribution in [3.05, 3.63) is 86.5 Å². The molecule has 2 aliphatic carbocycles. The average molecular weight is 815 g/mol. The molecule has 1 aliphatic heterocycles. The molecule has 0 saturated heterocycles. The van der Waals surface area contributed by atoms with Gasteiger partial charge in [-0.3, -0.25) is 30.0 Å². The van der Waals surface area contributed by atoms with Crippen LogP contribution in [0.2, 0.25) is 0 Å². The molecule has 0 aromatic heterocycles. The molecular formula is C52H58N6O3. The second-order valence-corrected chi connectivity index (χ2v) is 16.1. The van der Waals surface area contributed by atoms with Gasteiger partial charge in [0.2, 0.25) is 0 Å². The minimum absolute atomic E-state index is 0.0616. The van der Waals surface area contributed by atoms with E-state index in [0.717, 1.165) is 93.7 Å². The topological polar surface area (TPSA) is 135 Å². The normalized spacial score (nSPS) is 25.3. The number of fused-ring (bicyclic) bond motifs is 8. The molecule has 9 heteroatoms. The summed E-state index contributed by atoms with van der Waals surface area (Å²) in [6.07, 6.45) is 21.8. The summed E-state index contributed by atoms with van der Waals surface area (Å²) in [6, 6.07) is 10.8. The van der Waals surface area contributed by atoms with E-state index in [-0.39, 0.29) is 47.5 Å². The summed E-state index contributed by atoms with van der Waals surface area (Å²) in [6.45, 7) is 8.10. The molecule has 1 heterocycles. The van der Waals surface area contributed by atoms with Crippen molar-refractivity contribution in [1.82, 2.24) is 0 Å². The third-order valence-electron chi connectivity index (χ3n) is 11.4. The van der Waals surface area contributed by atoms with Crippen LogP contribution in [0.3, 0.4) is 0 Å². The Morgan fingerprint density at radius 2 is 0.721 bits per heavy atom. The van der Waals surface area contributed by atoms with E-state index in [4.69, 9.17) is 25.0 Å². The molecule has 314 valence electrons. The molecule has 0 amide bonds. The maximum absolute atomic E-state index is 11.6. The minimum atomic E-state index is -0.104. The summed E-state index contributed by atoms with van der Waals surface area (Å²) < 4.78 is 0. The summed E-state index contributed by atoms with van der Waals surface area (Å²) in [5.41, 5.74) is 5.83. The molecule has 5 atom stereocenters. The Morgan fingerprint density at radius 1 is 0.410 bits per heavy atom. The number of nitrogens with zero attached hydrogens (tertiary/aromatic N) is 6. The fraction of sp³-hybridized carbons (Fsp3) is 0.423. The van der Waals surface area contributed by atoms with Gasteiger partial charge in [-0.1, -0.05) is 56.3 Å². The van der Waals surface area contributed by atoms with Crippen molar-refractivity contribution in [2.24, 2.45) is 30.0 Å². The first-order chi connectivity index (χ1) is 29.8. The first kappa shape index (κ1) is 44.3. The highest BCUT2D eigenvalue weighted by molar-refractivity contribution is 5.95. The van der Waals surface area contributed by atoms with E-state index in [0.29, 0.717) is 39.9 Å². The van der Waals surface area contributed by atoms with Crippen molar-refractivity contribution < 1.29 is 15.3 Å². The predicted molar refractivity (Wildman–Crippen MR) is 252 cm³/mol. The number of aromatic hydroxyl groups is 3. The maximum Gasteiger partial charge on any atom is 0.133 e. The van der Waals surface area contributed by atoms with Gasteiger partial charge in [-0.25, -0.2) is 0 Å². The van der Waals surface area contributed by atoms with Crippen LogP contribution in [0, 0.1) is 35.5 Å². The molecule has 3 aliphatic rings. The zero-order valence-electron chi connectivity index (χ0n) is 36.0. The van der Waals surface area contributed by atoms with Crippen molar-refractivity contribution in [3.8, 4) is 52.8 Å². The summed E-state index contributed by atoms with van der Waals surface area (Å²) >= 11 is 0. The van der Waals surface area contributed by atoms with E-state index in [9.17, 15) is 15.3 Å². The second kappa shape index (κ2) is 22.4. The van der Waals surface area contributed by atoms with Gasteiger partial charge in [-0.2, -0.15) is 0 Å². The Balaban J connectivity index is 1.37. The number of phenolic OH excluding ortho intramolecular Hbond substituents is 3. The van der Waals surface area contributed by atoms with E-state index in [1.54, 1.807) is 58.1 Å². The first-order valence-corrected chi connectivity index (χ1v) is 21.8. The van der Waals surface area contributed by atoms with Crippen molar-refractivity contribution in [3.63, 3.8) is 0 Å². The van der Waals surface area contributed by atoms with Gasteiger partial charge in [0.25, 0.3) is 0 Å². The van der Waals surface area contributed by atoms with E-state index in [1.165, 1.54) is 0 Å². The fourth-order valence-corrected chi connectivity index (χ4v) is 8.13. The smallest absolute Gasteiger partial charge is 0.133 e. The van der Waals surface area contributed by atoms with E-state index in [2.05, 4.69) is 47.4 Å². The average Bonchev–Trinajstić information content (AvgIpc) is 3.26. The number of benzene rings is 3. The molecule has 3 N–H and O–H groups in total. The Labute approximate surface area is 362 Å². The van der Waals surface area contributed by atoms with Gasteiger partial charge in [-0.15, -0.1) is 17.8 Å². The van der Waals surface area contributed by atoms with Gasteiger partial charge in [0.15, 0.2) is 0 Å². The Morgan fingerprint density at radius 3 is 1.07 bits per heavy atom. The van der Waals surface area contributed by atoms with Gasteiger partial charge >= 0.3 is 0 Å². The maximum atomic E-state index is 11.6. The zero-order chi connectivity index (χ0) is 43.0. The lowest BCUT2D eigenvalue weighted by atomic mass is 9.91. The standard InChI is InChI=1S/C52H58N6O3/c1-5-15-37-24-40-30-53-23-14-8-9-18-36(4)54-31-41-25-38(16-6-2)27-43(51(41)60)33-56-48-21-12-13-22-49(48)58-35-45-29-39(17-7-3)28-44(52(45)61)34-57-47-20-11-10-19-46(47)55-32-42(26-37)50(40)59/h24-36,46-49,59-61H,8-14,18-23H2,1-4H3/b53-30+,54-31+,55-32+,56-33+,57-34+,58-35+. The predicted octanol–water partition coefficient (Wildman–Crippen LogP) is 9.42. The van der Waals surface area contributed by atoms with Gasteiger partial charge in [0.05, 0.1) is 24.2 Å². The summed E-state index contributed by atoms with van der Waals surface area (Å²) in [5, 5.41) is 34.4. The van der Waals surface area contributed by atoms with Crippen LogP contribution in [0.5, 0.6) is 17.2 Å². The SMILES string of the molecule is CC#Cc1cc2c(O)c(c1)/C=N/C1CCCCC1/N=C/c1cc(C#CC)cc(c1O)/C=N/C1CCCCC1/N=C/c1cc(C#CC)cc(c1O)/C=N/C(C)CCCCC/N=C/2. The Kier molecular flexibility index (Phi) is 16.3. The monoisotopic (exact) mass is 814 g/mol. The molecular weight excluding hydrogens is 757 g/mol. The number of phenols is 3. The fourth-order valence-electron chi connectivity index (χ4n) is 8.13. The molecule has 5 unspecified atom stereocenters. The van der Waals surface area contributed by atoms with Crippen LogP contribution in [0.1, 0.15) is 155 Å². The van der Waals surface area contributed by atoms with E-state index >= 15 is 0 Å².